The molecule has 1 rings (SSSR count). The number of esters is 1. The first kappa shape index (κ1) is 15.9. The molecule has 0 aromatic heterocycles. The lowest BCUT2D eigenvalue weighted by molar-refractivity contribution is -0.135. The maximum absolute atomic E-state index is 11.7. The monoisotopic (exact) mass is 267 g/mol. The van der Waals surface area contributed by atoms with E-state index in [9.17, 15) is 4.79 Å². The Morgan fingerprint density at radius 1 is 1.53 bits per heavy atom. The van der Waals surface area contributed by atoms with Gasteiger partial charge in [-0.15, -0.1) is 0 Å². The molecule has 0 aromatic rings. The average molecular weight is 267 g/mol. The van der Waals surface area contributed by atoms with Crippen LogP contribution in [0.25, 0.3) is 0 Å². The van der Waals surface area contributed by atoms with Gasteiger partial charge in [-0.1, -0.05) is 13.8 Å². The van der Waals surface area contributed by atoms with Gasteiger partial charge in [0.2, 0.25) is 0 Å². The van der Waals surface area contributed by atoms with Crippen LogP contribution in [-0.2, 0) is 14.3 Å². The molecule has 0 bridgehead atoms. The Bertz CT molecular complexity index is 360. The number of rotatable bonds is 6. The van der Waals surface area contributed by atoms with Crippen LogP contribution in [0.2, 0.25) is 0 Å². The second kappa shape index (κ2) is 8.10. The number of carbonyl (C=O) groups excluding carboxylic acids is 1. The molecule has 1 aliphatic heterocycles. The Hall–Kier alpha value is -1.16. The highest BCUT2D eigenvalue weighted by atomic mass is 16.5. The molecule has 2 atom stereocenters. The lowest BCUT2D eigenvalue weighted by Gasteiger charge is -2.16. The summed E-state index contributed by atoms with van der Waals surface area (Å²) in [6.07, 6.45) is 4.62. The maximum atomic E-state index is 11.7. The molecule has 1 aliphatic rings. The van der Waals surface area contributed by atoms with E-state index in [1.807, 2.05) is 0 Å². The van der Waals surface area contributed by atoms with E-state index in [2.05, 4.69) is 25.8 Å². The van der Waals surface area contributed by atoms with Crippen LogP contribution in [0, 0.1) is 5.92 Å². The topological polar surface area (TPSA) is 47.9 Å². The van der Waals surface area contributed by atoms with Gasteiger partial charge in [0.25, 0.3) is 0 Å². The fourth-order valence-electron chi connectivity index (χ4n) is 1.80. The SMILES string of the molecule is CCOC(=O)C1=NC=C(COC(C)CC)C(C)CC1. The average Bonchev–Trinajstić information content (AvgIpc) is 2.58. The van der Waals surface area contributed by atoms with Gasteiger partial charge in [-0.05, 0) is 44.6 Å². The van der Waals surface area contributed by atoms with Gasteiger partial charge in [-0.25, -0.2) is 4.79 Å². The van der Waals surface area contributed by atoms with Crippen molar-refractivity contribution >= 4 is 11.7 Å². The highest BCUT2D eigenvalue weighted by molar-refractivity contribution is 6.36. The third kappa shape index (κ3) is 5.15. The number of hydrogen-bond donors (Lipinski definition) is 0. The fraction of sp³-hybridized carbons (Fsp3) is 0.733. The Morgan fingerprint density at radius 2 is 2.26 bits per heavy atom. The van der Waals surface area contributed by atoms with Gasteiger partial charge < -0.3 is 9.47 Å². The minimum absolute atomic E-state index is 0.254. The van der Waals surface area contributed by atoms with Crippen molar-refractivity contribution in [3.63, 3.8) is 0 Å². The van der Waals surface area contributed by atoms with Crippen LogP contribution in [0.5, 0.6) is 0 Å². The molecule has 0 aromatic carbocycles. The molecule has 108 valence electrons. The standard InChI is InChI=1S/C15H25NO3/c1-5-12(4)19-10-13-9-16-14(8-7-11(13)3)15(17)18-6-2/h9,11-12H,5-8,10H2,1-4H3. The van der Waals surface area contributed by atoms with Crippen molar-refractivity contribution in [2.75, 3.05) is 13.2 Å². The molecule has 1 heterocycles. The van der Waals surface area contributed by atoms with Crippen molar-refractivity contribution in [3.8, 4) is 0 Å². The van der Waals surface area contributed by atoms with Crippen LogP contribution in [0.4, 0.5) is 0 Å². The fourth-order valence-corrected chi connectivity index (χ4v) is 1.80. The minimum Gasteiger partial charge on any atom is -0.462 e. The zero-order valence-electron chi connectivity index (χ0n) is 12.4. The lowest BCUT2D eigenvalue weighted by Crippen LogP contribution is -2.17. The molecular weight excluding hydrogens is 242 g/mol. The first-order valence-electron chi connectivity index (χ1n) is 7.12. The van der Waals surface area contributed by atoms with E-state index >= 15 is 0 Å². The largest absolute Gasteiger partial charge is 0.462 e. The number of ether oxygens (including phenoxy) is 2. The molecular formula is C15H25NO3. The van der Waals surface area contributed by atoms with Gasteiger partial charge >= 0.3 is 5.97 Å². The van der Waals surface area contributed by atoms with Crippen LogP contribution < -0.4 is 0 Å². The summed E-state index contributed by atoms with van der Waals surface area (Å²) in [4.78, 5) is 15.9. The lowest BCUT2D eigenvalue weighted by atomic mass is 9.97. The van der Waals surface area contributed by atoms with Gasteiger partial charge in [0.1, 0.15) is 5.71 Å². The van der Waals surface area contributed by atoms with E-state index < -0.39 is 0 Å². The smallest absolute Gasteiger partial charge is 0.352 e. The molecule has 0 spiro atoms. The predicted molar refractivity (Wildman–Crippen MR) is 76.3 cm³/mol. The second-order valence-electron chi connectivity index (χ2n) is 4.97. The van der Waals surface area contributed by atoms with Gasteiger partial charge in [0, 0.05) is 6.20 Å². The Morgan fingerprint density at radius 3 is 2.89 bits per heavy atom. The predicted octanol–water partition coefficient (Wildman–Crippen LogP) is 3.12. The van der Waals surface area contributed by atoms with Gasteiger partial charge in [0.15, 0.2) is 0 Å². The van der Waals surface area contributed by atoms with Crippen molar-refractivity contribution in [2.45, 2.75) is 53.1 Å². The molecule has 19 heavy (non-hydrogen) atoms. The molecule has 0 aliphatic carbocycles. The molecule has 0 N–H and O–H groups in total. The normalized spacial score (nSPS) is 21.2. The number of nitrogens with zero attached hydrogens (tertiary/aromatic N) is 1. The molecule has 0 fully saturated rings. The van der Waals surface area contributed by atoms with Gasteiger partial charge in [-0.2, -0.15) is 0 Å². The Kier molecular flexibility index (Phi) is 6.78. The number of carbonyl (C=O) groups is 1. The molecule has 4 nitrogen and oxygen atoms in total. The second-order valence-corrected chi connectivity index (χ2v) is 4.97. The first-order chi connectivity index (χ1) is 9.08. The molecule has 4 heteroatoms. The summed E-state index contributed by atoms with van der Waals surface area (Å²) < 4.78 is 10.7. The summed E-state index contributed by atoms with van der Waals surface area (Å²) >= 11 is 0. The van der Waals surface area contributed by atoms with Crippen LogP contribution in [0.3, 0.4) is 0 Å². The highest BCUT2D eigenvalue weighted by Gasteiger charge is 2.19. The van der Waals surface area contributed by atoms with Gasteiger partial charge in [0.05, 0.1) is 19.3 Å². The summed E-state index contributed by atoms with van der Waals surface area (Å²) in [5, 5.41) is 0. The zero-order chi connectivity index (χ0) is 14.3. The van der Waals surface area contributed by atoms with Crippen molar-refractivity contribution in [1.29, 1.82) is 0 Å². The third-order valence-corrected chi connectivity index (χ3v) is 3.45. The maximum Gasteiger partial charge on any atom is 0.352 e. The summed E-state index contributed by atoms with van der Waals surface area (Å²) in [7, 11) is 0. The summed E-state index contributed by atoms with van der Waals surface area (Å²) in [6.45, 7) is 9.10. The quantitative estimate of drug-likeness (QED) is 0.695. The van der Waals surface area contributed by atoms with E-state index in [-0.39, 0.29) is 12.1 Å². The highest BCUT2D eigenvalue weighted by Crippen LogP contribution is 2.21. The Labute approximate surface area is 115 Å². The Balaban J connectivity index is 2.66. The number of hydrogen-bond acceptors (Lipinski definition) is 4. The summed E-state index contributed by atoms with van der Waals surface area (Å²) in [5.74, 6) is 0.0924. The van der Waals surface area contributed by atoms with E-state index in [0.717, 1.165) is 18.4 Å². The van der Waals surface area contributed by atoms with Crippen molar-refractivity contribution in [3.05, 3.63) is 11.8 Å². The summed E-state index contributed by atoms with van der Waals surface area (Å²) in [6, 6.07) is 0. The van der Waals surface area contributed by atoms with E-state index in [1.54, 1.807) is 13.1 Å². The third-order valence-electron chi connectivity index (χ3n) is 3.45. The van der Waals surface area contributed by atoms with Crippen molar-refractivity contribution in [1.82, 2.24) is 0 Å². The van der Waals surface area contributed by atoms with E-state index in [1.165, 1.54) is 0 Å². The van der Waals surface area contributed by atoms with Crippen LogP contribution in [-0.4, -0.2) is 31.0 Å². The molecule has 0 amide bonds. The van der Waals surface area contributed by atoms with Crippen molar-refractivity contribution in [2.24, 2.45) is 10.9 Å². The van der Waals surface area contributed by atoms with Gasteiger partial charge in [-0.3, -0.25) is 4.99 Å². The molecule has 0 saturated heterocycles. The summed E-state index contributed by atoms with van der Waals surface area (Å²) in [5.41, 5.74) is 1.67. The number of aliphatic imine (C=N–C) groups is 1. The molecule has 0 saturated carbocycles. The van der Waals surface area contributed by atoms with Crippen LogP contribution in [0.15, 0.2) is 16.8 Å². The van der Waals surface area contributed by atoms with Crippen LogP contribution >= 0.6 is 0 Å². The van der Waals surface area contributed by atoms with Crippen LogP contribution in [0.1, 0.15) is 47.0 Å². The zero-order valence-corrected chi connectivity index (χ0v) is 12.4. The van der Waals surface area contributed by atoms with Crippen molar-refractivity contribution < 1.29 is 14.3 Å². The van der Waals surface area contributed by atoms with E-state index in [4.69, 9.17) is 9.47 Å². The molecule has 0 radical (unpaired) electrons. The van der Waals surface area contributed by atoms with E-state index in [0.29, 0.717) is 31.3 Å². The molecule has 2 unspecified atom stereocenters. The first-order valence-corrected chi connectivity index (χ1v) is 7.12. The minimum atomic E-state index is -0.296.